The number of hydrogen-bond acceptors (Lipinski definition) is 11. The molecule has 13 nitrogen and oxygen atoms in total. The van der Waals surface area contributed by atoms with Gasteiger partial charge >= 0.3 is 17.9 Å². The molecule has 2 bridgehead atoms. The van der Waals surface area contributed by atoms with Crippen LogP contribution in [-0.2, 0) is 34.8 Å². The fourth-order valence-corrected chi connectivity index (χ4v) is 9.32. The Morgan fingerprint density at radius 3 is 2.29 bits per heavy atom. The third-order valence-corrected chi connectivity index (χ3v) is 11.1. The molecule has 3 N–H and O–H groups in total. The number of ether oxygens (including phenoxy) is 3. The molecule has 48 heavy (non-hydrogen) atoms. The fourth-order valence-electron chi connectivity index (χ4n) is 9.32. The van der Waals surface area contributed by atoms with Gasteiger partial charge in [0, 0.05) is 36.7 Å². The zero-order chi connectivity index (χ0) is 34.9. The summed E-state index contributed by atoms with van der Waals surface area (Å²) in [7, 11) is 1.29. The molecular weight excluding hydrogens is 626 g/mol. The lowest BCUT2D eigenvalue weighted by Gasteiger charge is -2.47. The number of carboxylic acid groups (broad SMARTS) is 1. The standard InChI is InChI=1S/C35H33NO12/c1-7-12(2)26(32(43)44)36-10-16-20-21(31(36)42)17(38)9-14(4)23(20)35(46-6)25-28(41)19-13(3)8-18(39)22-24(19)34(11-47-33(22)45,29(35)27(16)40)30(25)48-15(5)37/h8-10,12,25-26,29-30,38-39H,7,11H2,1-6H3,(H,43,44)/t12-,25-,26-,29+,30-,34-,35+/m0/s1. The van der Waals surface area contributed by atoms with Crippen molar-refractivity contribution < 1.29 is 53.5 Å². The third kappa shape index (κ3) is 3.44. The zero-order valence-corrected chi connectivity index (χ0v) is 27.0. The van der Waals surface area contributed by atoms with Gasteiger partial charge in [0.15, 0.2) is 11.6 Å². The van der Waals surface area contributed by atoms with Crippen LogP contribution in [0.4, 0.5) is 0 Å². The lowest BCUT2D eigenvalue weighted by Crippen LogP contribution is -2.57. The maximum atomic E-state index is 15.3. The summed E-state index contributed by atoms with van der Waals surface area (Å²) in [6.07, 6.45) is 0.0993. The first-order valence-electron chi connectivity index (χ1n) is 15.6. The van der Waals surface area contributed by atoms with Crippen LogP contribution in [0.2, 0.25) is 0 Å². The fraction of sp³-hybridized carbons (Fsp3) is 0.429. The number of ketones is 2. The summed E-state index contributed by atoms with van der Waals surface area (Å²) in [5.74, 6) is -8.81. The van der Waals surface area contributed by atoms with Crippen LogP contribution in [0.15, 0.2) is 23.1 Å². The van der Waals surface area contributed by atoms with Gasteiger partial charge in [-0.15, -0.1) is 0 Å². The quantitative estimate of drug-likeness (QED) is 0.328. The summed E-state index contributed by atoms with van der Waals surface area (Å²) >= 11 is 0. The number of cyclic esters (lactones) is 1. The highest BCUT2D eigenvalue weighted by molar-refractivity contribution is 6.19. The highest BCUT2D eigenvalue weighted by Crippen LogP contribution is 2.70. The Kier molecular flexibility index (Phi) is 6.56. The molecule has 0 saturated heterocycles. The number of pyridine rings is 1. The highest BCUT2D eigenvalue weighted by atomic mass is 16.6. The number of aliphatic carboxylic acids is 1. The maximum Gasteiger partial charge on any atom is 0.342 e. The smallest absolute Gasteiger partial charge is 0.342 e. The number of rotatable bonds is 6. The largest absolute Gasteiger partial charge is 0.507 e. The van der Waals surface area contributed by atoms with Crippen molar-refractivity contribution in [3.63, 3.8) is 0 Å². The first kappa shape index (κ1) is 31.6. The zero-order valence-electron chi connectivity index (χ0n) is 27.0. The van der Waals surface area contributed by atoms with Gasteiger partial charge in [-0.3, -0.25) is 23.7 Å². The van der Waals surface area contributed by atoms with Gasteiger partial charge in [-0.25, -0.2) is 9.59 Å². The van der Waals surface area contributed by atoms with E-state index in [1.165, 1.54) is 25.4 Å². The van der Waals surface area contributed by atoms with Crippen LogP contribution >= 0.6 is 0 Å². The number of carbonyl (C=O) groups excluding carboxylic acids is 4. The van der Waals surface area contributed by atoms with E-state index in [9.17, 15) is 39.3 Å². The van der Waals surface area contributed by atoms with Gasteiger partial charge in [0.1, 0.15) is 41.4 Å². The third-order valence-electron chi connectivity index (χ3n) is 11.1. The Morgan fingerprint density at radius 2 is 1.69 bits per heavy atom. The monoisotopic (exact) mass is 659 g/mol. The topological polar surface area (TPSA) is 196 Å². The predicted molar refractivity (Wildman–Crippen MR) is 165 cm³/mol. The molecule has 0 unspecified atom stereocenters. The average Bonchev–Trinajstić information content (AvgIpc) is 3.19. The van der Waals surface area contributed by atoms with E-state index in [2.05, 4.69) is 0 Å². The number of benzene rings is 2. The summed E-state index contributed by atoms with van der Waals surface area (Å²) in [6.45, 7) is 7.20. The number of fused-ring (bicyclic) bond motifs is 4. The summed E-state index contributed by atoms with van der Waals surface area (Å²) < 4.78 is 18.9. The normalized spacial score (nSPS) is 27.6. The van der Waals surface area contributed by atoms with E-state index < -0.39 is 94.1 Å². The van der Waals surface area contributed by atoms with E-state index in [0.717, 1.165) is 11.5 Å². The lowest BCUT2D eigenvalue weighted by atomic mass is 9.59. The minimum atomic E-state index is -1.94. The molecule has 4 aliphatic rings. The molecule has 0 radical (unpaired) electrons. The van der Waals surface area contributed by atoms with Crippen molar-refractivity contribution >= 4 is 40.2 Å². The summed E-state index contributed by atoms with van der Waals surface area (Å²) in [5.41, 5.74) is -4.12. The average molecular weight is 660 g/mol. The molecule has 0 amide bonds. The number of hydrogen-bond donors (Lipinski definition) is 3. The number of aryl methyl sites for hydroxylation is 2. The Bertz CT molecular complexity index is 2130. The molecular formula is C35H33NO12. The second-order valence-corrected chi connectivity index (χ2v) is 13.4. The van der Waals surface area contributed by atoms with Gasteiger partial charge in [0.2, 0.25) is 0 Å². The second kappa shape index (κ2) is 9.99. The molecule has 1 saturated carbocycles. The van der Waals surface area contributed by atoms with Crippen LogP contribution in [0.3, 0.4) is 0 Å². The first-order valence-corrected chi connectivity index (χ1v) is 15.6. The molecule has 3 aliphatic carbocycles. The Hall–Kier alpha value is -5.04. The maximum absolute atomic E-state index is 15.3. The molecule has 1 aliphatic heterocycles. The lowest BCUT2D eigenvalue weighted by molar-refractivity contribution is -0.154. The van der Waals surface area contributed by atoms with Crippen LogP contribution in [0.5, 0.6) is 11.5 Å². The number of phenolic OH excluding ortho intramolecular Hbond substituents is 2. The van der Waals surface area contributed by atoms with Crippen molar-refractivity contribution in [3.05, 3.63) is 67.6 Å². The summed E-state index contributed by atoms with van der Waals surface area (Å²) in [5, 5.41) is 32.3. The molecule has 1 fully saturated rings. The van der Waals surface area contributed by atoms with Gasteiger partial charge in [-0.2, -0.15) is 0 Å². The number of Topliss-reactive ketones (excluding diaryl/α,β-unsaturated/α-hetero) is 2. The number of phenols is 2. The number of carbonyl (C=O) groups is 5. The van der Waals surface area contributed by atoms with Crippen molar-refractivity contribution in [1.29, 1.82) is 0 Å². The van der Waals surface area contributed by atoms with Crippen LogP contribution in [-0.4, -0.2) is 69.2 Å². The number of carboxylic acids is 1. The molecule has 2 heterocycles. The molecule has 250 valence electrons. The Labute approximate surface area is 273 Å². The molecule has 1 aromatic heterocycles. The molecule has 7 atom stereocenters. The van der Waals surface area contributed by atoms with Crippen molar-refractivity contribution in [2.75, 3.05) is 13.7 Å². The number of aromatic nitrogens is 1. The SMILES string of the molecule is CC[C@H](C)[C@@H](C(=O)O)n1cc2c3c(c(C)cc(O)c3c1=O)[C@]1(OC)[C@H](C2=O)[C@]23COC(=O)c4c(O)cc(C)c(c42)C(=O)[C@H]1[C@@H]3OC(C)=O. The highest BCUT2D eigenvalue weighted by Gasteiger charge is 2.80. The molecule has 3 aromatic rings. The van der Waals surface area contributed by atoms with E-state index in [0.29, 0.717) is 17.5 Å². The van der Waals surface area contributed by atoms with E-state index in [-0.39, 0.29) is 38.6 Å². The Morgan fingerprint density at radius 1 is 1.02 bits per heavy atom. The van der Waals surface area contributed by atoms with E-state index >= 15 is 4.79 Å². The van der Waals surface area contributed by atoms with E-state index in [4.69, 9.17) is 14.2 Å². The number of methoxy groups -OCH3 is 1. The summed E-state index contributed by atoms with van der Waals surface area (Å²) in [6, 6.07) is 1.14. The molecule has 13 heteroatoms. The Balaban J connectivity index is 1.69. The van der Waals surface area contributed by atoms with Crippen LogP contribution < -0.4 is 5.56 Å². The predicted octanol–water partition coefficient (Wildman–Crippen LogP) is 3.22. The first-order chi connectivity index (χ1) is 22.6. The van der Waals surface area contributed by atoms with Crippen molar-refractivity contribution in [2.45, 2.75) is 64.2 Å². The van der Waals surface area contributed by atoms with E-state index in [1.807, 2.05) is 0 Å². The van der Waals surface area contributed by atoms with Gasteiger partial charge in [-0.05, 0) is 54.2 Å². The van der Waals surface area contributed by atoms with Gasteiger partial charge in [-0.1, -0.05) is 20.3 Å². The molecule has 1 spiro atoms. The van der Waals surface area contributed by atoms with Gasteiger partial charge in [0.05, 0.1) is 22.6 Å². The molecule has 7 rings (SSSR count). The van der Waals surface area contributed by atoms with E-state index in [1.54, 1.807) is 27.7 Å². The number of aromatic hydroxyl groups is 2. The minimum absolute atomic E-state index is 0.00786. The van der Waals surface area contributed by atoms with Crippen molar-refractivity contribution in [2.24, 2.45) is 17.8 Å². The number of esters is 2. The van der Waals surface area contributed by atoms with Crippen LogP contribution in [0, 0.1) is 31.6 Å². The van der Waals surface area contributed by atoms with Gasteiger partial charge in [0.25, 0.3) is 5.56 Å². The van der Waals surface area contributed by atoms with Crippen LogP contribution in [0.25, 0.3) is 10.8 Å². The molecule has 2 aromatic carbocycles. The second-order valence-electron chi connectivity index (χ2n) is 13.4. The van der Waals surface area contributed by atoms with Gasteiger partial charge < -0.3 is 29.5 Å². The minimum Gasteiger partial charge on any atom is -0.507 e. The number of nitrogens with zero attached hydrogens (tertiary/aromatic N) is 1. The van der Waals surface area contributed by atoms with Crippen molar-refractivity contribution in [1.82, 2.24) is 4.57 Å². The summed E-state index contributed by atoms with van der Waals surface area (Å²) in [4.78, 5) is 83.0. The van der Waals surface area contributed by atoms with Crippen molar-refractivity contribution in [3.8, 4) is 11.5 Å². The van der Waals surface area contributed by atoms with Crippen LogP contribution in [0.1, 0.15) is 86.6 Å².